The van der Waals surface area contributed by atoms with Gasteiger partial charge in [0.15, 0.2) is 11.5 Å². The highest BCUT2D eigenvalue weighted by molar-refractivity contribution is 6.08. The summed E-state index contributed by atoms with van der Waals surface area (Å²) in [6.45, 7) is 2.06. The minimum Gasteiger partial charge on any atom is -0.381 e. The third kappa shape index (κ3) is 3.54. The van der Waals surface area contributed by atoms with Crippen molar-refractivity contribution in [1.82, 2.24) is 4.90 Å². The van der Waals surface area contributed by atoms with E-state index in [-0.39, 0.29) is 23.5 Å². The van der Waals surface area contributed by atoms with Crippen molar-refractivity contribution in [3.8, 4) is 0 Å². The van der Waals surface area contributed by atoms with Crippen LogP contribution in [0.3, 0.4) is 0 Å². The van der Waals surface area contributed by atoms with Gasteiger partial charge >= 0.3 is 0 Å². The summed E-state index contributed by atoms with van der Waals surface area (Å²) in [5.41, 5.74) is 10.3. The van der Waals surface area contributed by atoms with Crippen LogP contribution in [-0.2, 0) is 27.9 Å². The maximum Gasteiger partial charge on any atom is 0.263 e. The first kappa shape index (κ1) is 22.8. The van der Waals surface area contributed by atoms with Gasteiger partial charge in [0.05, 0.1) is 12.1 Å². The molecule has 2 fully saturated rings. The molecule has 184 valence electrons. The Bertz CT molecular complexity index is 1150. The largest absolute Gasteiger partial charge is 0.381 e. The molecule has 2 aromatic rings. The van der Waals surface area contributed by atoms with Gasteiger partial charge in [-0.15, -0.1) is 0 Å². The van der Waals surface area contributed by atoms with Gasteiger partial charge in [-0.3, -0.25) is 9.69 Å². The smallest absolute Gasteiger partial charge is 0.263 e. The van der Waals surface area contributed by atoms with Crippen molar-refractivity contribution < 1.29 is 9.53 Å². The second-order valence-corrected chi connectivity index (χ2v) is 11.3. The SMILES string of the molecule is COC1CCC2(CC1)Cc1ccc(CCC3CC3)cc1C21N=C(N)N(C(C)c2ccccc2)C1=O. The highest BCUT2D eigenvalue weighted by Gasteiger charge is 2.67. The number of aliphatic imine (C=N–C) groups is 1. The van der Waals surface area contributed by atoms with Crippen LogP contribution in [0.25, 0.3) is 0 Å². The van der Waals surface area contributed by atoms with E-state index in [1.807, 2.05) is 18.2 Å². The van der Waals surface area contributed by atoms with Crippen LogP contribution in [0, 0.1) is 11.3 Å². The zero-order chi connectivity index (χ0) is 24.2. The third-order valence-corrected chi connectivity index (χ3v) is 9.35. The van der Waals surface area contributed by atoms with E-state index < -0.39 is 5.54 Å². The molecule has 3 aliphatic carbocycles. The minimum absolute atomic E-state index is 0.0558. The predicted molar refractivity (Wildman–Crippen MR) is 138 cm³/mol. The molecule has 2 unspecified atom stereocenters. The highest BCUT2D eigenvalue weighted by Crippen LogP contribution is 2.62. The maximum absolute atomic E-state index is 14.6. The van der Waals surface area contributed by atoms with Crippen molar-refractivity contribution in [2.75, 3.05) is 7.11 Å². The van der Waals surface area contributed by atoms with Gasteiger partial charge in [0, 0.05) is 12.5 Å². The average molecular weight is 472 g/mol. The normalized spacial score (nSPS) is 30.7. The summed E-state index contributed by atoms with van der Waals surface area (Å²) in [4.78, 5) is 21.6. The fraction of sp³-hybridized carbons (Fsp3) is 0.533. The lowest BCUT2D eigenvalue weighted by Crippen LogP contribution is -2.52. The second kappa shape index (κ2) is 8.48. The van der Waals surface area contributed by atoms with E-state index in [9.17, 15) is 4.79 Å². The molecule has 2 N–H and O–H groups in total. The Morgan fingerprint density at radius 3 is 2.54 bits per heavy atom. The molecule has 2 aromatic carbocycles. The Labute approximate surface area is 208 Å². The number of methoxy groups -OCH3 is 1. The average Bonchev–Trinajstić information content (AvgIpc) is 3.63. The Kier molecular flexibility index (Phi) is 5.52. The molecule has 0 bridgehead atoms. The van der Waals surface area contributed by atoms with Crippen molar-refractivity contribution in [3.05, 3.63) is 70.8 Å². The number of fused-ring (bicyclic) bond motifs is 3. The third-order valence-electron chi connectivity index (χ3n) is 9.35. The molecule has 0 saturated heterocycles. The Morgan fingerprint density at radius 1 is 1.11 bits per heavy atom. The molecule has 1 aliphatic heterocycles. The van der Waals surface area contributed by atoms with Gasteiger partial charge in [-0.2, -0.15) is 0 Å². The lowest BCUT2D eigenvalue weighted by Gasteiger charge is -2.45. The quantitative estimate of drug-likeness (QED) is 0.624. The summed E-state index contributed by atoms with van der Waals surface area (Å²) >= 11 is 0. The molecule has 4 aliphatic rings. The Hall–Kier alpha value is -2.66. The topological polar surface area (TPSA) is 67.9 Å². The van der Waals surface area contributed by atoms with Crippen molar-refractivity contribution in [3.63, 3.8) is 0 Å². The van der Waals surface area contributed by atoms with Crippen LogP contribution in [-0.4, -0.2) is 30.0 Å². The number of amides is 1. The Balaban J connectivity index is 1.43. The van der Waals surface area contributed by atoms with E-state index in [0.29, 0.717) is 5.96 Å². The molecule has 2 saturated carbocycles. The first-order valence-corrected chi connectivity index (χ1v) is 13.4. The predicted octanol–water partition coefficient (Wildman–Crippen LogP) is 5.27. The monoisotopic (exact) mass is 471 g/mol. The van der Waals surface area contributed by atoms with Crippen LogP contribution in [0.15, 0.2) is 53.5 Å². The highest BCUT2D eigenvalue weighted by atomic mass is 16.5. The first-order chi connectivity index (χ1) is 17.0. The number of guanidine groups is 1. The Morgan fingerprint density at radius 2 is 1.86 bits per heavy atom. The van der Waals surface area contributed by atoms with E-state index in [1.54, 1.807) is 12.0 Å². The second-order valence-electron chi connectivity index (χ2n) is 11.3. The summed E-state index contributed by atoms with van der Waals surface area (Å²) in [6, 6.07) is 16.9. The van der Waals surface area contributed by atoms with Crippen molar-refractivity contribution in [2.45, 2.75) is 82.4 Å². The number of ether oxygens (including phenoxy) is 1. The van der Waals surface area contributed by atoms with E-state index in [4.69, 9.17) is 15.5 Å². The van der Waals surface area contributed by atoms with Crippen LogP contribution in [0.5, 0.6) is 0 Å². The van der Waals surface area contributed by atoms with E-state index in [0.717, 1.165) is 55.6 Å². The van der Waals surface area contributed by atoms with Gasteiger partial charge in [0.2, 0.25) is 0 Å². The summed E-state index contributed by atoms with van der Waals surface area (Å²) in [7, 11) is 1.80. The van der Waals surface area contributed by atoms with Crippen LogP contribution < -0.4 is 5.73 Å². The maximum atomic E-state index is 14.6. The zero-order valence-corrected chi connectivity index (χ0v) is 21.0. The number of hydrogen-bond acceptors (Lipinski definition) is 4. The number of hydrogen-bond donors (Lipinski definition) is 1. The lowest BCUT2D eigenvalue weighted by molar-refractivity contribution is -0.139. The number of benzene rings is 2. The molecule has 0 aromatic heterocycles. The van der Waals surface area contributed by atoms with Crippen LogP contribution in [0.1, 0.15) is 80.2 Å². The van der Waals surface area contributed by atoms with Crippen LogP contribution in [0.4, 0.5) is 0 Å². The molecule has 0 radical (unpaired) electrons. The fourth-order valence-electron chi connectivity index (χ4n) is 7.07. The molecule has 2 atom stereocenters. The summed E-state index contributed by atoms with van der Waals surface area (Å²) in [5, 5.41) is 0. The first-order valence-electron chi connectivity index (χ1n) is 13.4. The van der Waals surface area contributed by atoms with Gasteiger partial charge in [-0.25, -0.2) is 4.99 Å². The number of carbonyl (C=O) groups is 1. The molecule has 35 heavy (non-hydrogen) atoms. The van der Waals surface area contributed by atoms with E-state index in [2.05, 4.69) is 37.3 Å². The van der Waals surface area contributed by atoms with Gasteiger partial charge in [0.25, 0.3) is 5.91 Å². The number of rotatable bonds is 6. The van der Waals surface area contributed by atoms with E-state index >= 15 is 0 Å². The van der Waals surface area contributed by atoms with Crippen molar-refractivity contribution in [1.29, 1.82) is 0 Å². The number of carbonyl (C=O) groups excluding carboxylic acids is 1. The molecule has 6 rings (SSSR count). The minimum atomic E-state index is -0.927. The number of nitrogens with zero attached hydrogens (tertiary/aromatic N) is 2. The summed E-state index contributed by atoms with van der Waals surface area (Å²) in [6.07, 6.45) is 9.95. The summed E-state index contributed by atoms with van der Waals surface area (Å²) < 4.78 is 5.71. The van der Waals surface area contributed by atoms with E-state index in [1.165, 1.54) is 30.4 Å². The number of aryl methyl sites for hydroxylation is 1. The summed E-state index contributed by atoms with van der Waals surface area (Å²) in [5.74, 6) is 1.30. The molecular weight excluding hydrogens is 434 g/mol. The van der Waals surface area contributed by atoms with Gasteiger partial charge in [-0.1, -0.05) is 61.4 Å². The standard InChI is InChI=1S/C30H37N3O2/c1-20(23-6-4-3-5-7-23)33-27(34)30(32-28(33)31)26-18-22(11-10-21-8-9-21)12-13-24(26)19-29(30)16-14-25(35-2)15-17-29/h3-7,12-13,18,20-21,25H,8-11,14-17,19H2,1-2H3,(H2,31,32). The molecule has 2 spiro atoms. The van der Waals surface area contributed by atoms with Gasteiger partial charge in [-0.05, 0) is 80.0 Å². The zero-order valence-electron chi connectivity index (χ0n) is 21.0. The lowest BCUT2D eigenvalue weighted by atomic mass is 9.61. The van der Waals surface area contributed by atoms with Crippen molar-refractivity contribution in [2.24, 2.45) is 22.1 Å². The molecular formula is C30H37N3O2. The molecule has 1 heterocycles. The molecule has 5 heteroatoms. The molecule has 1 amide bonds. The van der Waals surface area contributed by atoms with Crippen molar-refractivity contribution >= 4 is 11.9 Å². The fourth-order valence-corrected chi connectivity index (χ4v) is 7.07. The molecule has 5 nitrogen and oxygen atoms in total. The van der Waals surface area contributed by atoms with Gasteiger partial charge in [0.1, 0.15) is 0 Å². The van der Waals surface area contributed by atoms with Gasteiger partial charge < -0.3 is 10.5 Å². The van der Waals surface area contributed by atoms with Crippen LogP contribution >= 0.6 is 0 Å². The number of nitrogens with two attached hydrogens (primary N) is 1. The van der Waals surface area contributed by atoms with Crippen LogP contribution in [0.2, 0.25) is 0 Å².